The van der Waals surface area contributed by atoms with E-state index in [4.69, 9.17) is 0 Å². The topological polar surface area (TPSA) is 37.4 Å². The summed E-state index contributed by atoms with van der Waals surface area (Å²) in [4.78, 5) is 30.3. The van der Waals surface area contributed by atoms with E-state index in [0.717, 1.165) is 60.1 Å². The van der Waals surface area contributed by atoms with Crippen LogP contribution in [-0.4, -0.2) is 11.8 Å². The number of nitrogens with zero attached hydrogens (tertiary/aromatic N) is 1. The summed E-state index contributed by atoms with van der Waals surface area (Å²) in [5.74, 6) is 6.62. The minimum atomic E-state index is -0.256. The monoisotopic (exact) mass is 577 g/mol. The maximum Gasteiger partial charge on any atom is 0.266 e. The number of anilines is 1. The minimum absolute atomic E-state index is 0. The van der Waals surface area contributed by atoms with Gasteiger partial charge in [0.05, 0.1) is 5.69 Å². The van der Waals surface area contributed by atoms with E-state index in [2.05, 4.69) is 103 Å². The molecule has 0 saturated heterocycles. The number of para-hydroxylation sites is 1. The van der Waals surface area contributed by atoms with Crippen LogP contribution < -0.4 is 4.90 Å². The van der Waals surface area contributed by atoms with Crippen molar-refractivity contribution in [1.82, 2.24) is 0 Å². The Morgan fingerprint density at radius 2 is 1.07 bits per heavy atom. The maximum atomic E-state index is 14.4. The van der Waals surface area contributed by atoms with Crippen molar-refractivity contribution < 1.29 is 9.59 Å². The molecule has 44 heavy (non-hydrogen) atoms. The van der Waals surface area contributed by atoms with Crippen molar-refractivity contribution in [3.05, 3.63) is 101 Å². The highest BCUT2D eigenvalue weighted by atomic mass is 16.2. The Kier molecular flexibility index (Phi) is 6.82. The first-order chi connectivity index (χ1) is 20.5. The Labute approximate surface area is 260 Å². The molecule has 0 saturated carbocycles. The lowest BCUT2D eigenvalue weighted by molar-refractivity contribution is 0.0893. The third-order valence-corrected chi connectivity index (χ3v) is 8.79. The minimum Gasteiger partial charge on any atom is -0.268 e. The first kappa shape index (κ1) is 29.4. The normalized spacial score (nSPS) is 13.4. The number of carbonyl (C=O) groups excluding carboxylic acids is 2. The van der Waals surface area contributed by atoms with Crippen LogP contribution in [-0.2, 0) is 0 Å². The molecule has 1 aliphatic heterocycles. The standard InChI is InChI=1S/C40H35NO2.CH4/c1-22(2)25-10-8-11-26(23(3)4)37(25)41-38(42)32-18-16-30-28-13-9-12-27-24(20-21-40(5,6)7)14-15-29(34(27)28)31-17-19-33(39(41)43)36(32)35(30)31;/h8-19,22-23H,1-7H3;1H4. The van der Waals surface area contributed by atoms with Gasteiger partial charge in [-0.15, -0.1) is 0 Å². The number of carbonyl (C=O) groups is 2. The largest absolute Gasteiger partial charge is 0.268 e. The number of hydrogen-bond donors (Lipinski definition) is 0. The quantitative estimate of drug-likeness (QED) is 0.0908. The van der Waals surface area contributed by atoms with Crippen molar-refractivity contribution in [2.45, 2.75) is 67.7 Å². The van der Waals surface area contributed by atoms with Gasteiger partial charge in [0.15, 0.2) is 0 Å². The van der Waals surface area contributed by atoms with Gasteiger partial charge in [0.2, 0.25) is 0 Å². The molecule has 0 spiro atoms. The van der Waals surface area contributed by atoms with E-state index in [0.29, 0.717) is 11.1 Å². The van der Waals surface area contributed by atoms with Gasteiger partial charge < -0.3 is 0 Å². The highest BCUT2D eigenvalue weighted by molar-refractivity contribution is 6.42. The summed E-state index contributed by atoms with van der Waals surface area (Å²) in [6, 6.07) is 24.7. The molecular formula is C41H39NO2. The lowest BCUT2D eigenvalue weighted by Crippen LogP contribution is -2.41. The van der Waals surface area contributed by atoms with Gasteiger partial charge >= 0.3 is 0 Å². The average molecular weight is 578 g/mol. The second-order valence-electron chi connectivity index (χ2n) is 13.5. The summed E-state index contributed by atoms with van der Waals surface area (Å²) < 4.78 is 0. The molecular weight excluding hydrogens is 538 g/mol. The Bertz CT molecular complexity index is 2120. The van der Waals surface area contributed by atoms with Crippen LogP contribution >= 0.6 is 0 Å². The number of imide groups is 1. The van der Waals surface area contributed by atoms with Gasteiger partial charge in [-0.2, -0.15) is 0 Å². The molecule has 0 unspecified atom stereocenters. The first-order valence-corrected chi connectivity index (χ1v) is 15.2. The Hall–Kier alpha value is -4.68. The molecule has 0 bridgehead atoms. The molecule has 1 aliphatic rings. The molecule has 220 valence electrons. The first-order valence-electron chi connectivity index (χ1n) is 15.2. The molecule has 3 nitrogen and oxygen atoms in total. The van der Waals surface area contributed by atoms with E-state index in [-0.39, 0.29) is 36.5 Å². The van der Waals surface area contributed by atoms with Gasteiger partial charge in [-0.1, -0.05) is 102 Å². The number of benzene rings is 6. The molecule has 0 aliphatic carbocycles. The summed E-state index contributed by atoms with van der Waals surface area (Å²) in [6.45, 7) is 14.8. The van der Waals surface area contributed by atoms with Crippen LogP contribution in [0, 0.1) is 17.3 Å². The van der Waals surface area contributed by atoms with E-state index >= 15 is 0 Å². The van der Waals surface area contributed by atoms with Crippen molar-refractivity contribution >= 4 is 60.6 Å². The summed E-state index contributed by atoms with van der Waals surface area (Å²) in [5, 5.41) is 8.34. The van der Waals surface area contributed by atoms with E-state index in [1.54, 1.807) is 0 Å². The van der Waals surface area contributed by atoms with Crippen LogP contribution in [0.2, 0.25) is 0 Å². The van der Waals surface area contributed by atoms with Crippen LogP contribution in [0.3, 0.4) is 0 Å². The fourth-order valence-electron chi connectivity index (χ4n) is 6.83. The molecule has 0 fully saturated rings. The van der Waals surface area contributed by atoms with Crippen LogP contribution in [0.5, 0.6) is 0 Å². The summed E-state index contributed by atoms with van der Waals surface area (Å²) in [6.07, 6.45) is 0. The molecule has 0 radical (unpaired) electrons. The van der Waals surface area contributed by atoms with Crippen molar-refractivity contribution in [3.63, 3.8) is 0 Å². The van der Waals surface area contributed by atoms with Gasteiger partial charge in [0, 0.05) is 27.5 Å². The van der Waals surface area contributed by atoms with Crippen molar-refractivity contribution in [2.24, 2.45) is 5.41 Å². The predicted octanol–water partition coefficient (Wildman–Crippen LogP) is 10.8. The second-order valence-corrected chi connectivity index (χ2v) is 13.5. The van der Waals surface area contributed by atoms with Crippen molar-refractivity contribution in [1.29, 1.82) is 0 Å². The van der Waals surface area contributed by atoms with Crippen LogP contribution in [0.25, 0.3) is 43.1 Å². The zero-order chi connectivity index (χ0) is 30.4. The average Bonchev–Trinajstić information content (AvgIpc) is 2.97. The highest BCUT2D eigenvalue weighted by Gasteiger charge is 2.38. The lowest BCUT2D eigenvalue weighted by Gasteiger charge is -2.32. The fraction of sp³-hybridized carbons (Fsp3) is 0.268. The summed E-state index contributed by atoms with van der Waals surface area (Å²) >= 11 is 0. The Morgan fingerprint density at radius 1 is 0.591 bits per heavy atom. The van der Waals surface area contributed by atoms with E-state index in [1.165, 1.54) is 10.3 Å². The summed E-state index contributed by atoms with van der Waals surface area (Å²) in [7, 11) is 0. The summed E-state index contributed by atoms with van der Waals surface area (Å²) in [5.41, 5.74) is 4.81. The molecule has 7 rings (SSSR count). The Balaban J connectivity index is 0.00000343. The Morgan fingerprint density at radius 3 is 1.61 bits per heavy atom. The van der Waals surface area contributed by atoms with Gasteiger partial charge in [-0.05, 0) is 99.6 Å². The molecule has 0 N–H and O–H groups in total. The van der Waals surface area contributed by atoms with E-state index in [1.807, 2.05) is 30.3 Å². The zero-order valence-corrected chi connectivity index (χ0v) is 25.8. The van der Waals surface area contributed by atoms with E-state index < -0.39 is 0 Å². The third-order valence-electron chi connectivity index (χ3n) is 8.79. The van der Waals surface area contributed by atoms with Gasteiger partial charge in [-0.3, -0.25) is 9.59 Å². The molecule has 0 aromatic heterocycles. The SMILES string of the molecule is C.CC(C)c1cccc(C(C)C)c1N1C(=O)c2ccc3c4cccc5c(C#CC(C)(C)C)ccc(c6ccc(c2c36)C1=O)c54. The lowest BCUT2D eigenvalue weighted by atomic mass is 9.83. The van der Waals surface area contributed by atoms with Crippen LogP contribution in [0.1, 0.15) is 105 Å². The number of amides is 2. The molecule has 3 heteroatoms. The van der Waals surface area contributed by atoms with Crippen molar-refractivity contribution in [2.75, 3.05) is 4.90 Å². The predicted molar refractivity (Wildman–Crippen MR) is 186 cm³/mol. The zero-order valence-electron chi connectivity index (χ0n) is 25.8. The number of fused-ring (bicyclic) bond motifs is 2. The van der Waals surface area contributed by atoms with Gasteiger partial charge in [-0.25, -0.2) is 4.90 Å². The molecule has 0 atom stereocenters. The number of hydrogen-bond acceptors (Lipinski definition) is 2. The second kappa shape index (κ2) is 10.2. The smallest absolute Gasteiger partial charge is 0.266 e. The molecule has 6 aromatic rings. The van der Waals surface area contributed by atoms with Crippen LogP contribution in [0.15, 0.2) is 72.8 Å². The van der Waals surface area contributed by atoms with Gasteiger partial charge in [0.1, 0.15) is 0 Å². The van der Waals surface area contributed by atoms with Gasteiger partial charge in [0.25, 0.3) is 11.8 Å². The molecule has 1 heterocycles. The molecule has 2 amide bonds. The van der Waals surface area contributed by atoms with Crippen molar-refractivity contribution in [3.8, 4) is 11.8 Å². The third kappa shape index (κ3) is 4.20. The molecule has 6 aromatic carbocycles. The fourth-order valence-corrected chi connectivity index (χ4v) is 6.83. The van der Waals surface area contributed by atoms with Crippen LogP contribution in [0.4, 0.5) is 5.69 Å². The maximum absolute atomic E-state index is 14.4. The van der Waals surface area contributed by atoms with E-state index in [9.17, 15) is 9.59 Å². The number of rotatable bonds is 3. The highest BCUT2D eigenvalue weighted by Crippen LogP contribution is 2.46.